The van der Waals surface area contributed by atoms with Gasteiger partial charge in [-0.1, -0.05) is 29.8 Å². The van der Waals surface area contributed by atoms with Gasteiger partial charge in [0.05, 0.1) is 16.5 Å². The zero-order chi connectivity index (χ0) is 13.4. The third kappa shape index (κ3) is 2.07. The van der Waals surface area contributed by atoms with Gasteiger partial charge in [0.2, 0.25) is 0 Å². The summed E-state index contributed by atoms with van der Waals surface area (Å²) in [6.07, 6.45) is 0. The van der Waals surface area contributed by atoms with Crippen molar-refractivity contribution in [2.24, 2.45) is 0 Å². The van der Waals surface area contributed by atoms with Gasteiger partial charge in [-0.15, -0.1) is 11.3 Å². The van der Waals surface area contributed by atoms with Crippen LogP contribution in [0.1, 0.15) is 11.1 Å². The number of nitrogens with zero attached hydrogens (tertiary/aromatic N) is 1. The highest BCUT2D eigenvalue weighted by Gasteiger charge is 2.14. The first-order chi connectivity index (χ1) is 9.20. The SMILES string of the molecule is Cc1ccc2sc(-c3ccccc3C#N)c(Br)c2c1. The number of benzene rings is 2. The first kappa shape index (κ1) is 12.4. The molecular formula is C16H10BrNS. The topological polar surface area (TPSA) is 23.8 Å². The minimum Gasteiger partial charge on any atom is -0.192 e. The van der Waals surface area contributed by atoms with Crippen LogP contribution in [0.5, 0.6) is 0 Å². The molecular weight excluding hydrogens is 318 g/mol. The molecule has 0 aliphatic carbocycles. The molecule has 0 spiro atoms. The smallest absolute Gasteiger partial charge is 0.0998 e. The number of hydrogen-bond acceptors (Lipinski definition) is 2. The third-order valence-electron chi connectivity index (χ3n) is 3.08. The predicted octanol–water partition coefficient (Wildman–Crippen LogP) is 5.51. The second kappa shape index (κ2) is 4.80. The molecule has 0 bridgehead atoms. The van der Waals surface area contributed by atoms with E-state index in [4.69, 9.17) is 0 Å². The van der Waals surface area contributed by atoms with E-state index in [9.17, 15) is 5.26 Å². The highest BCUT2D eigenvalue weighted by atomic mass is 79.9. The van der Waals surface area contributed by atoms with E-state index in [1.165, 1.54) is 15.6 Å². The van der Waals surface area contributed by atoms with E-state index in [0.717, 1.165) is 14.9 Å². The Kier molecular flexibility index (Phi) is 3.14. The second-order valence-corrected chi connectivity index (χ2v) is 6.25. The lowest BCUT2D eigenvalue weighted by Crippen LogP contribution is -1.80. The Morgan fingerprint density at radius 1 is 1.16 bits per heavy atom. The summed E-state index contributed by atoms with van der Waals surface area (Å²) in [7, 11) is 0. The lowest BCUT2D eigenvalue weighted by molar-refractivity contribution is 1.48. The summed E-state index contributed by atoms with van der Waals surface area (Å²) in [4.78, 5) is 1.12. The summed E-state index contributed by atoms with van der Waals surface area (Å²) in [6.45, 7) is 2.09. The lowest BCUT2D eigenvalue weighted by Gasteiger charge is -2.01. The number of hydrogen-bond donors (Lipinski definition) is 0. The van der Waals surface area contributed by atoms with E-state index in [1.807, 2.05) is 24.3 Å². The third-order valence-corrected chi connectivity index (χ3v) is 5.37. The van der Waals surface area contributed by atoms with Gasteiger partial charge in [-0.3, -0.25) is 0 Å². The highest BCUT2D eigenvalue weighted by molar-refractivity contribution is 9.10. The van der Waals surface area contributed by atoms with Crippen LogP contribution in [0, 0.1) is 18.3 Å². The molecule has 92 valence electrons. The number of rotatable bonds is 1. The Hall–Kier alpha value is -1.63. The monoisotopic (exact) mass is 327 g/mol. The van der Waals surface area contributed by atoms with E-state index in [0.29, 0.717) is 5.56 Å². The molecule has 0 aliphatic heterocycles. The number of fused-ring (bicyclic) bond motifs is 1. The summed E-state index contributed by atoms with van der Waals surface area (Å²) in [5.74, 6) is 0. The van der Waals surface area contributed by atoms with Crippen molar-refractivity contribution in [2.45, 2.75) is 6.92 Å². The molecule has 1 aromatic heterocycles. The van der Waals surface area contributed by atoms with Gasteiger partial charge in [-0.25, -0.2) is 0 Å². The van der Waals surface area contributed by atoms with E-state index < -0.39 is 0 Å². The number of halogens is 1. The number of aryl methyl sites for hydroxylation is 1. The fourth-order valence-corrected chi connectivity index (χ4v) is 4.16. The largest absolute Gasteiger partial charge is 0.192 e. The van der Waals surface area contributed by atoms with Crippen LogP contribution in [0.3, 0.4) is 0 Å². The van der Waals surface area contributed by atoms with Crippen LogP contribution in [0.25, 0.3) is 20.5 Å². The molecule has 3 rings (SSSR count). The van der Waals surface area contributed by atoms with E-state index >= 15 is 0 Å². The number of thiophene rings is 1. The van der Waals surface area contributed by atoms with Crippen molar-refractivity contribution in [3.05, 3.63) is 58.1 Å². The van der Waals surface area contributed by atoms with Crippen molar-refractivity contribution < 1.29 is 0 Å². The van der Waals surface area contributed by atoms with Crippen LogP contribution in [0.2, 0.25) is 0 Å². The average Bonchev–Trinajstić information content (AvgIpc) is 2.76. The maximum atomic E-state index is 9.23. The quantitative estimate of drug-likeness (QED) is 0.578. The molecule has 0 saturated heterocycles. The molecule has 1 heterocycles. The summed E-state index contributed by atoms with van der Waals surface area (Å²) in [6, 6.07) is 16.4. The molecule has 0 amide bonds. The molecule has 19 heavy (non-hydrogen) atoms. The summed E-state index contributed by atoms with van der Waals surface area (Å²) >= 11 is 5.40. The molecule has 0 saturated carbocycles. The summed E-state index contributed by atoms with van der Waals surface area (Å²) in [5, 5.41) is 10.4. The fraction of sp³-hybridized carbons (Fsp3) is 0.0625. The van der Waals surface area contributed by atoms with Gasteiger partial charge in [0.15, 0.2) is 0 Å². The maximum absolute atomic E-state index is 9.23. The lowest BCUT2D eigenvalue weighted by atomic mass is 10.1. The number of nitriles is 1. The molecule has 0 aliphatic rings. The van der Waals surface area contributed by atoms with Crippen LogP contribution in [-0.2, 0) is 0 Å². The zero-order valence-electron chi connectivity index (χ0n) is 10.3. The zero-order valence-corrected chi connectivity index (χ0v) is 12.7. The molecule has 3 aromatic rings. The van der Waals surface area contributed by atoms with Crippen LogP contribution >= 0.6 is 27.3 Å². The Labute approximate surface area is 124 Å². The molecule has 3 heteroatoms. The van der Waals surface area contributed by atoms with Crippen LogP contribution in [-0.4, -0.2) is 0 Å². The summed E-state index contributed by atoms with van der Waals surface area (Å²) in [5.41, 5.74) is 2.95. The molecule has 0 atom stereocenters. The minimum absolute atomic E-state index is 0.714. The van der Waals surface area contributed by atoms with Gasteiger partial charge in [-0.2, -0.15) is 5.26 Å². The Bertz CT molecular complexity index is 811. The Morgan fingerprint density at radius 3 is 2.74 bits per heavy atom. The molecule has 1 nitrogen and oxygen atoms in total. The average molecular weight is 328 g/mol. The van der Waals surface area contributed by atoms with Gasteiger partial charge in [0.25, 0.3) is 0 Å². The van der Waals surface area contributed by atoms with Crippen molar-refractivity contribution >= 4 is 37.4 Å². The van der Waals surface area contributed by atoms with Crippen LogP contribution in [0.4, 0.5) is 0 Å². The minimum atomic E-state index is 0.714. The van der Waals surface area contributed by atoms with E-state index in [2.05, 4.69) is 47.1 Å². The molecule has 2 aromatic carbocycles. The van der Waals surface area contributed by atoms with Crippen molar-refractivity contribution in [3.63, 3.8) is 0 Å². The van der Waals surface area contributed by atoms with Crippen molar-refractivity contribution in [1.82, 2.24) is 0 Å². The Balaban J connectivity index is 2.32. The van der Waals surface area contributed by atoms with Gasteiger partial charge in [0, 0.05) is 20.1 Å². The molecule has 0 fully saturated rings. The first-order valence-electron chi connectivity index (χ1n) is 5.89. The summed E-state index contributed by atoms with van der Waals surface area (Å²) < 4.78 is 2.32. The van der Waals surface area contributed by atoms with Crippen molar-refractivity contribution in [3.8, 4) is 16.5 Å². The van der Waals surface area contributed by atoms with Crippen molar-refractivity contribution in [2.75, 3.05) is 0 Å². The highest BCUT2D eigenvalue weighted by Crippen LogP contribution is 2.43. The van der Waals surface area contributed by atoms with Crippen molar-refractivity contribution in [1.29, 1.82) is 5.26 Å². The van der Waals surface area contributed by atoms with E-state index in [1.54, 1.807) is 11.3 Å². The molecule has 0 radical (unpaired) electrons. The predicted molar refractivity (Wildman–Crippen MR) is 84.4 cm³/mol. The van der Waals surface area contributed by atoms with Crippen LogP contribution < -0.4 is 0 Å². The molecule has 0 N–H and O–H groups in total. The normalized spacial score (nSPS) is 10.6. The first-order valence-corrected chi connectivity index (χ1v) is 7.50. The van der Waals surface area contributed by atoms with Gasteiger partial charge >= 0.3 is 0 Å². The van der Waals surface area contributed by atoms with Gasteiger partial charge in [-0.05, 0) is 41.1 Å². The Morgan fingerprint density at radius 2 is 1.95 bits per heavy atom. The van der Waals surface area contributed by atoms with Gasteiger partial charge in [0.1, 0.15) is 0 Å². The second-order valence-electron chi connectivity index (χ2n) is 4.40. The van der Waals surface area contributed by atoms with E-state index in [-0.39, 0.29) is 0 Å². The van der Waals surface area contributed by atoms with Crippen LogP contribution in [0.15, 0.2) is 46.9 Å². The van der Waals surface area contributed by atoms with Gasteiger partial charge < -0.3 is 0 Å². The standard InChI is InChI=1S/C16H10BrNS/c1-10-6-7-14-13(8-10)15(17)16(19-14)12-5-3-2-4-11(12)9-18/h2-8H,1H3. The fourth-order valence-electron chi connectivity index (χ4n) is 2.13. The molecule has 0 unspecified atom stereocenters. The maximum Gasteiger partial charge on any atom is 0.0998 e.